The van der Waals surface area contributed by atoms with Crippen molar-refractivity contribution in [3.63, 3.8) is 0 Å². The van der Waals surface area contributed by atoms with E-state index in [-0.39, 0.29) is 11.8 Å². The van der Waals surface area contributed by atoms with Crippen LogP contribution in [-0.4, -0.2) is 24.0 Å². The summed E-state index contributed by atoms with van der Waals surface area (Å²) < 4.78 is 0. The standard InChI is InChI=1S/C12H18N4O/c1-8-4-9(6-13)5-11(15-8)16-3-2-10(7-16)12(14)17/h4-5,10H,2-3,6-7,13H2,1H3,(H2,14,17). The quantitative estimate of drug-likeness (QED) is 0.780. The van der Waals surface area contributed by atoms with Crippen LogP contribution in [0.3, 0.4) is 0 Å². The second-order valence-corrected chi connectivity index (χ2v) is 4.51. The maximum Gasteiger partial charge on any atom is 0.222 e. The van der Waals surface area contributed by atoms with Crippen LogP contribution in [0.15, 0.2) is 12.1 Å². The lowest BCUT2D eigenvalue weighted by Crippen LogP contribution is -2.27. The van der Waals surface area contributed by atoms with Gasteiger partial charge in [0.1, 0.15) is 5.82 Å². The minimum absolute atomic E-state index is 0.0568. The first-order valence-corrected chi connectivity index (χ1v) is 5.82. The van der Waals surface area contributed by atoms with Gasteiger partial charge in [0.2, 0.25) is 5.91 Å². The predicted octanol–water partition coefficient (Wildman–Crippen LogP) is 0.160. The van der Waals surface area contributed by atoms with Gasteiger partial charge in [-0.3, -0.25) is 4.79 Å². The third-order valence-electron chi connectivity index (χ3n) is 3.15. The Labute approximate surface area is 101 Å². The first kappa shape index (κ1) is 11.9. The van der Waals surface area contributed by atoms with Crippen LogP contribution in [0.2, 0.25) is 0 Å². The molecule has 4 N–H and O–H groups in total. The Morgan fingerprint density at radius 1 is 1.59 bits per heavy atom. The molecule has 1 fully saturated rings. The maximum absolute atomic E-state index is 11.1. The molecule has 0 aliphatic carbocycles. The molecule has 5 nitrogen and oxygen atoms in total. The number of pyridine rings is 1. The highest BCUT2D eigenvalue weighted by atomic mass is 16.1. The summed E-state index contributed by atoms with van der Waals surface area (Å²) in [5.74, 6) is 0.618. The smallest absolute Gasteiger partial charge is 0.222 e. The van der Waals surface area contributed by atoms with Gasteiger partial charge in [-0.25, -0.2) is 4.98 Å². The lowest BCUT2D eigenvalue weighted by atomic mass is 10.1. The van der Waals surface area contributed by atoms with E-state index in [1.54, 1.807) is 0 Å². The number of hydrogen-bond donors (Lipinski definition) is 2. The molecule has 1 aromatic rings. The monoisotopic (exact) mass is 234 g/mol. The van der Waals surface area contributed by atoms with Gasteiger partial charge in [0, 0.05) is 25.3 Å². The number of anilines is 1. The van der Waals surface area contributed by atoms with Crippen LogP contribution in [0, 0.1) is 12.8 Å². The van der Waals surface area contributed by atoms with Gasteiger partial charge in [-0.2, -0.15) is 0 Å². The van der Waals surface area contributed by atoms with Crippen molar-refractivity contribution in [1.82, 2.24) is 4.98 Å². The normalized spacial score (nSPS) is 19.6. The first-order valence-electron chi connectivity index (χ1n) is 5.82. The van der Waals surface area contributed by atoms with E-state index >= 15 is 0 Å². The number of amides is 1. The van der Waals surface area contributed by atoms with Crippen LogP contribution < -0.4 is 16.4 Å². The number of aromatic nitrogens is 1. The van der Waals surface area contributed by atoms with Gasteiger partial charge in [0.05, 0.1) is 5.92 Å². The third kappa shape index (κ3) is 2.55. The van der Waals surface area contributed by atoms with Crippen molar-refractivity contribution in [3.05, 3.63) is 23.4 Å². The molecule has 1 unspecified atom stereocenters. The molecule has 2 rings (SSSR count). The van der Waals surface area contributed by atoms with E-state index < -0.39 is 0 Å². The van der Waals surface area contributed by atoms with Crippen molar-refractivity contribution in [2.24, 2.45) is 17.4 Å². The molecule has 1 saturated heterocycles. The number of nitrogens with two attached hydrogens (primary N) is 2. The Hall–Kier alpha value is -1.62. The molecule has 2 heterocycles. The van der Waals surface area contributed by atoms with Crippen molar-refractivity contribution in [1.29, 1.82) is 0 Å². The highest BCUT2D eigenvalue weighted by Crippen LogP contribution is 2.23. The number of aryl methyl sites for hydroxylation is 1. The molecular formula is C12H18N4O. The van der Waals surface area contributed by atoms with Gasteiger partial charge in [-0.05, 0) is 31.0 Å². The molecule has 1 aliphatic heterocycles. The Morgan fingerprint density at radius 2 is 2.35 bits per heavy atom. The number of rotatable bonds is 3. The predicted molar refractivity (Wildman–Crippen MR) is 66.4 cm³/mol. The number of hydrogen-bond acceptors (Lipinski definition) is 4. The molecule has 0 radical (unpaired) electrons. The zero-order chi connectivity index (χ0) is 12.4. The average Bonchev–Trinajstić information content (AvgIpc) is 2.77. The molecular weight excluding hydrogens is 216 g/mol. The van der Waals surface area contributed by atoms with Crippen LogP contribution >= 0.6 is 0 Å². The van der Waals surface area contributed by atoms with Gasteiger partial charge >= 0.3 is 0 Å². The number of nitrogens with zero attached hydrogens (tertiary/aromatic N) is 2. The third-order valence-corrected chi connectivity index (χ3v) is 3.15. The van der Waals surface area contributed by atoms with E-state index in [1.807, 2.05) is 19.1 Å². The summed E-state index contributed by atoms with van der Waals surface area (Å²) in [6.45, 7) is 3.94. The molecule has 5 heteroatoms. The van der Waals surface area contributed by atoms with E-state index in [9.17, 15) is 4.79 Å². The van der Waals surface area contributed by atoms with Crippen LogP contribution in [0.5, 0.6) is 0 Å². The fourth-order valence-corrected chi connectivity index (χ4v) is 2.20. The molecule has 1 aliphatic rings. The van der Waals surface area contributed by atoms with E-state index in [1.165, 1.54) is 0 Å². The fraction of sp³-hybridized carbons (Fsp3) is 0.500. The Bertz CT molecular complexity index is 433. The summed E-state index contributed by atoms with van der Waals surface area (Å²) >= 11 is 0. The van der Waals surface area contributed by atoms with Gasteiger partial charge in [-0.1, -0.05) is 0 Å². The Balaban J connectivity index is 2.18. The minimum atomic E-state index is -0.223. The van der Waals surface area contributed by atoms with Gasteiger partial charge in [0.15, 0.2) is 0 Å². The molecule has 0 saturated carbocycles. The topological polar surface area (TPSA) is 85.2 Å². The Morgan fingerprint density at radius 3 is 2.94 bits per heavy atom. The molecule has 92 valence electrons. The molecule has 1 atom stereocenters. The van der Waals surface area contributed by atoms with Gasteiger partial charge in [0.25, 0.3) is 0 Å². The fourth-order valence-electron chi connectivity index (χ4n) is 2.20. The molecule has 1 amide bonds. The number of carbonyl (C=O) groups excluding carboxylic acids is 1. The molecule has 0 spiro atoms. The van der Waals surface area contributed by atoms with E-state index in [2.05, 4.69) is 9.88 Å². The molecule has 1 aromatic heterocycles. The van der Waals surface area contributed by atoms with Crippen LogP contribution in [0.25, 0.3) is 0 Å². The lowest BCUT2D eigenvalue weighted by molar-refractivity contribution is -0.121. The molecule has 17 heavy (non-hydrogen) atoms. The van der Waals surface area contributed by atoms with Crippen molar-refractivity contribution < 1.29 is 4.79 Å². The van der Waals surface area contributed by atoms with Crippen molar-refractivity contribution in [2.45, 2.75) is 19.9 Å². The Kier molecular flexibility index (Phi) is 3.28. The SMILES string of the molecule is Cc1cc(CN)cc(N2CCC(C(N)=O)C2)n1. The second kappa shape index (κ2) is 4.71. The van der Waals surface area contributed by atoms with Gasteiger partial charge in [-0.15, -0.1) is 0 Å². The largest absolute Gasteiger partial charge is 0.369 e. The van der Waals surface area contributed by atoms with Crippen molar-refractivity contribution >= 4 is 11.7 Å². The summed E-state index contributed by atoms with van der Waals surface area (Å²) in [6.07, 6.45) is 0.808. The zero-order valence-corrected chi connectivity index (χ0v) is 10.0. The summed E-state index contributed by atoms with van der Waals surface area (Å²) in [6, 6.07) is 3.96. The average molecular weight is 234 g/mol. The van der Waals surface area contributed by atoms with E-state index in [0.29, 0.717) is 13.1 Å². The minimum Gasteiger partial charge on any atom is -0.369 e. The maximum atomic E-state index is 11.1. The summed E-state index contributed by atoms with van der Waals surface area (Å²) in [5.41, 5.74) is 13.0. The summed E-state index contributed by atoms with van der Waals surface area (Å²) in [4.78, 5) is 17.7. The summed E-state index contributed by atoms with van der Waals surface area (Å²) in [7, 11) is 0. The zero-order valence-electron chi connectivity index (χ0n) is 10.0. The lowest BCUT2D eigenvalue weighted by Gasteiger charge is -2.18. The van der Waals surface area contributed by atoms with Gasteiger partial charge < -0.3 is 16.4 Å². The highest BCUT2D eigenvalue weighted by Gasteiger charge is 2.27. The second-order valence-electron chi connectivity index (χ2n) is 4.51. The first-order chi connectivity index (χ1) is 8.10. The molecule has 0 aromatic carbocycles. The highest BCUT2D eigenvalue weighted by molar-refractivity contribution is 5.78. The van der Waals surface area contributed by atoms with Crippen LogP contribution in [0.4, 0.5) is 5.82 Å². The van der Waals surface area contributed by atoms with E-state index in [4.69, 9.17) is 11.5 Å². The van der Waals surface area contributed by atoms with Crippen molar-refractivity contribution in [2.75, 3.05) is 18.0 Å². The van der Waals surface area contributed by atoms with Crippen LogP contribution in [-0.2, 0) is 11.3 Å². The van der Waals surface area contributed by atoms with E-state index in [0.717, 1.165) is 30.0 Å². The van der Waals surface area contributed by atoms with Crippen LogP contribution in [0.1, 0.15) is 17.7 Å². The summed E-state index contributed by atoms with van der Waals surface area (Å²) in [5, 5.41) is 0. The number of primary amides is 1. The molecule has 0 bridgehead atoms. The van der Waals surface area contributed by atoms with Crippen molar-refractivity contribution in [3.8, 4) is 0 Å². The number of carbonyl (C=O) groups is 1.